The quantitative estimate of drug-likeness (QED) is 0.846. The van der Waals surface area contributed by atoms with Gasteiger partial charge in [-0.2, -0.15) is 0 Å². The van der Waals surface area contributed by atoms with Crippen molar-refractivity contribution < 1.29 is 9.18 Å². The van der Waals surface area contributed by atoms with Gasteiger partial charge in [-0.25, -0.2) is 4.39 Å². The fourth-order valence-electron chi connectivity index (χ4n) is 2.80. The highest BCUT2D eigenvalue weighted by molar-refractivity contribution is 6.33. The number of rotatable bonds is 1. The van der Waals surface area contributed by atoms with Crippen LogP contribution in [-0.4, -0.2) is 36.0 Å². The van der Waals surface area contributed by atoms with Crippen LogP contribution in [0.3, 0.4) is 0 Å². The molecule has 0 radical (unpaired) electrons. The van der Waals surface area contributed by atoms with Gasteiger partial charge in [0.05, 0.1) is 10.6 Å². The Balaban J connectivity index is 1.82. The molecule has 0 aromatic heterocycles. The van der Waals surface area contributed by atoms with Crippen molar-refractivity contribution in [1.29, 1.82) is 0 Å². The third kappa shape index (κ3) is 2.10. The van der Waals surface area contributed by atoms with Crippen molar-refractivity contribution in [3.05, 3.63) is 34.6 Å². The Bertz CT molecular complexity index is 482. The van der Waals surface area contributed by atoms with E-state index in [2.05, 4.69) is 5.32 Å². The maximum absolute atomic E-state index is 13.0. The Morgan fingerprint density at radius 2 is 2.00 bits per heavy atom. The van der Waals surface area contributed by atoms with E-state index >= 15 is 0 Å². The average molecular weight is 269 g/mol. The van der Waals surface area contributed by atoms with Crippen LogP contribution in [0.4, 0.5) is 4.39 Å². The molecule has 3 rings (SSSR count). The van der Waals surface area contributed by atoms with Gasteiger partial charge in [0, 0.05) is 25.2 Å². The summed E-state index contributed by atoms with van der Waals surface area (Å²) in [4.78, 5) is 14.2. The molecule has 2 unspecified atom stereocenters. The fourth-order valence-corrected chi connectivity index (χ4v) is 3.04. The van der Waals surface area contributed by atoms with Gasteiger partial charge in [-0.05, 0) is 31.0 Å². The van der Waals surface area contributed by atoms with Gasteiger partial charge in [-0.1, -0.05) is 11.6 Å². The first-order valence-electron chi connectivity index (χ1n) is 6.14. The van der Waals surface area contributed by atoms with Gasteiger partial charge in [0.15, 0.2) is 0 Å². The van der Waals surface area contributed by atoms with Gasteiger partial charge < -0.3 is 10.2 Å². The van der Waals surface area contributed by atoms with Crippen molar-refractivity contribution >= 4 is 17.5 Å². The minimum Gasteiger partial charge on any atom is -0.335 e. The van der Waals surface area contributed by atoms with Crippen LogP contribution in [-0.2, 0) is 0 Å². The number of carbonyl (C=O) groups excluding carboxylic acids is 1. The van der Waals surface area contributed by atoms with Crippen LogP contribution in [0.2, 0.25) is 5.02 Å². The molecule has 2 atom stereocenters. The maximum atomic E-state index is 13.0. The molecule has 0 saturated carbocycles. The average Bonchev–Trinajstić information content (AvgIpc) is 2.67. The van der Waals surface area contributed by atoms with Crippen molar-refractivity contribution in [3.8, 4) is 0 Å². The van der Waals surface area contributed by atoms with Gasteiger partial charge in [-0.3, -0.25) is 4.79 Å². The summed E-state index contributed by atoms with van der Waals surface area (Å²) in [6, 6.07) is 4.71. The summed E-state index contributed by atoms with van der Waals surface area (Å²) in [6.45, 7) is 1.42. The molecule has 96 valence electrons. The first-order valence-corrected chi connectivity index (χ1v) is 6.51. The monoisotopic (exact) mass is 268 g/mol. The van der Waals surface area contributed by atoms with E-state index < -0.39 is 5.82 Å². The third-order valence-corrected chi connectivity index (χ3v) is 3.98. The number of likely N-dealkylation sites (tertiary alicyclic amines) is 1. The summed E-state index contributed by atoms with van der Waals surface area (Å²) in [5.74, 6) is -0.518. The molecule has 3 nitrogen and oxygen atoms in total. The van der Waals surface area contributed by atoms with Gasteiger partial charge in [-0.15, -0.1) is 0 Å². The van der Waals surface area contributed by atoms with E-state index in [1.807, 2.05) is 4.90 Å². The number of halogens is 2. The van der Waals surface area contributed by atoms with Crippen LogP contribution >= 0.6 is 11.6 Å². The molecule has 1 aromatic rings. The molecule has 2 heterocycles. The minimum absolute atomic E-state index is 0.0987. The maximum Gasteiger partial charge on any atom is 0.255 e. The third-order valence-electron chi connectivity index (χ3n) is 3.67. The molecule has 18 heavy (non-hydrogen) atoms. The molecule has 1 N–H and O–H groups in total. The first-order chi connectivity index (χ1) is 8.63. The first kappa shape index (κ1) is 11.9. The zero-order chi connectivity index (χ0) is 12.7. The highest BCUT2D eigenvalue weighted by atomic mass is 35.5. The summed E-state index contributed by atoms with van der Waals surface area (Å²) in [5.41, 5.74) is 0.388. The second kappa shape index (κ2) is 4.52. The molecule has 2 aliphatic heterocycles. The molecule has 2 bridgehead atoms. The molecule has 2 saturated heterocycles. The van der Waals surface area contributed by atoms with Gasteiger partial charge in [0.2, 0.25) is 0 Å². The van der Waals surface area contributed by atoms with Crippen molar-refractivity contribution in [2.24, 2.45) is 0 Å². The van der Waals surface area contributed by atoms with Gasteiger partial charge >= 0.3 is 0 Å². The lowest BCUT2D eigenvalue weighted by molar-refractivity contribution is 0.0697. The lowest BCUT2D eigenvalue weighted by Gasteiger charge is -2.33. The topological polar surface area (TPSA) is 32.3 Å². The summed E-state index contributed by atoms with van der Waals surface area (Å²) in [7, 11) is 0. The Morgan fingerprint density at radius 1 is 1.33 bits per heavy atom. The predicted octanol–water partition coefficient (Wildman–Crippen LogP) is 2.06. The van der Waals surface area contributed by atoms with Crippen molar-refractivity contribution in [2.45, 2.75) is 24.9 Å². The number of carbonyl (C=O) groups is 1. The Morgan fingerprint density at radius 3 is 2.61 bits per heavy atom. The molecule has 1 amide bonds. The Labute approximate surface area is 110 Å². The van der Waals surface area contributed by atoms with Crippen LogP contribution in [0.25, 0.3) is 0 Å². The number of hydrogen-bond acceptors (Lipinski definition) is 2. The highest BCUT2D eigenvalue weighted by Gasteiger charge is 2.34. The summed E-state index contributed by atoms with van der Waals surface area (Å²) in [5, 5.41) is 3.65. The summed E-state index contributed by atoms with van der Waals surface area (Å²) >= 11 is 5.93. The zero-order valence-corrected chi connectivity index (χ0v) is 10.6. The number of nitrogens with zero attached hydrogens (tertiary/aromatic N) is 1. The van der Waals surface area contributed by atoms with Crippen LogP contribution in [0.5, 0.6) is 0 Å². The van der Waals surface area contributed by atoms with Gasteiger partial charge in [0.1, 0.15) is 5.82 Å². The van der Waals surface area contributed by atoms with Crippen LogP contribution in [0.15, 0.2) is 18.2 Å². The number of hydrogen-bond donors (Lipinski definition) is 1. The molecule has 2 fully saturated rings. The minimum atomic E-state index is -0.420. The van der Waals surface area contributed by atoms with E-state index in [0.29, 0.717) is 30.7 Å². The Hall–Kier alpha value is -1.13. The molecular formula is C13H14ClFN2O. The fraction of sp³-hybridized carbons (Fsp3) is 0.462. The highest BCUT2D eigenvalue weighted by Crippen LogP contribution is 2.24. The van der Waals surface area contributed by atoms with E-state index in [1.165, 1.54) is 18.2 Å². The predicted molar refractivity (Wildman–Crippen MR) is 67.3 cm³/mol. The molecular weight excluding hydrogens is 255 g/mol. The van der Waals surface area contributed by atoms with Crippen molar-refractivity contribution in [2.75, 3.05) is 13.1 Å². The summed E-state index contributed by atoms with van der Waals surface area (Å²) < 4.78 is 13.0. The van der Waals surface area contributed by atoms with E-state index in [-0.39, 0.29) is 10.9 Å². The van der Waals surface area contributed by atoms with Crippen molar-refractivity contribution in [1.82, 2.24) is 10.2 Å². The number of piperazine rings is 1. The van der Waals surface area contributed by atoms with Crippen LogP contribution < -0.4 is 5.32 Å². The molecule has 1 aromatic carbocycles. The van der Waals surface area contributed by atoms with E-state index in [4.69, 9.17) is 11.6 Å². The molecule has 5 heteroatoms. The largest absolute Gasteiger partial charge is 0.335 e. The smallest absolute Gasteiger partial charge is 0.255 e. The lowest BCUT2D eigenvalue weighted by Crippen LogP contribution is -2.53. The number of fused-ring (bicyclic) bond motifs is 2. The summed E-state index contributed by atoms with van der Waals surface area (Å²) in [6.07, 6.45) is 2.23. The zero-order valence-electron chi connectivity index (χ0n) is 9.83. The number of amides is 1. The molecule has 0 aliphatic carbocycles. The van der Waals surface area contributed by atoms with Crippen LogP contribution in [0, 0.1) is 5.82 Å². The standard InChI is InChI=1S/C13H14ClFN2O/c14-12-5-8(15)1-4-11(12)13(18)17-6-9-2-3-10(7-17)16-9/h1,4-5,9-10,16H,2-3,6-7H2. The number of benzene rings is 1. The second-order valence-electron chi connectivity index (χ2n) is 4.97. The number of nitrogens with one attached hydrogen (secondary N) is 1. The van der Waals surface area contributed by atoms with Crippen molar-refractivity contribution in [3.63, 3.8) is 0 Å². The van der Waals surface area contributed by atoms with Gasteiger partial charge in [0.25, 0.3) is 5.91 Å². The second-order valence-corrected chi connectivity index (χ2v) is 5.38. The van der Waals surface area contributed by atoms with E-state index in [1.54, 1.807) is 0 Å². The van der Waals surface area contributed by atoms with E-state index in [9.17, 15) is 9.18 Å². The molecule has 2 aliphatic rings. The molecule has 0 spiro atoms. The van der Waals surface area contributed by atoms with Crippen LogP contribution in [0.1, 0.15) is 23.2 Å². The normalized spacial score (nSPS) is 26.4. The SMILES string of the molecule is O=C(c1ccc(F)cc1Cl)N1CC2CCC(C1)N2. The van der Waals surface area contributed by atoms with E-state index in [0.717, 1.165) is 12.8 Å². The Kier molecular flexibility index (Phi) is 2.99. The lowest BCUT2D eigenvalue weighted by atomic mass is 10.1.